The van der Waals surface area contributed by atoms with Gasteiger partial charge in [-0.2, -0.15) is 5.10 Å². The molecule has 2 aromatic heterocycles. The summed E-state index contributed by atoms with van der Waals surface area (Å²) in [6.45, 7) is 9.48. The van der Waals surface area contributed by atoms with Gasteiger partial charge in [0, 0.05) is 13.1 Å². The summed E-state index contributed by atoms with van der Waals surface area (Å²) in [4.78, 5) is 15.4. The third-order valence-electron chi connectivity index (χ3n) is 3.07. The third kappa shape index (κ3) is 3.29. The molecular weight excluding hydrogens is 288 g/mol. The first-order valence-electron chi connectivity index (χ1n) is 6.85. The molecule has 0 unspecified atom stereocenters. The van der Waals surface area contributed by atoms with Crippen LogP contribution in [-0.4, -0.2) is 36.2 Å². The van der Waals surface area contributed by atoms with Crippen molar-refractivity contribution in [1.82, 2.24) is 19.3 Å². The number of rotatable bonds is 6. The molecule has 7 heteroatoms. The van der Waals surface area contributed by atoms with Crippen LogP contribution in [0.3, 0.4) is 0 Å². The van der Waals surface area contributed by atoms with Gasteiger partial charge in [0.25, 0.3) is 0 Å². The standard InChI is InChI=1S/C14H20N4O2S/c1-5-18-13-12(10(4)16-18)15-14(21-8-11(19)20)17(13)7-6-9(2)3/h6H,5,7-8H2,1-4H3,(H,19,20). The number of allylic oxidation sites excluding steroid dienone is 2. The van der Waals surface area contributed by atoms with Crippen molar-refractivity contribution in [2.75, 3.05) is 5.75 Å². The Morgan fingerprint density at radius 1 is 1.43 bits per heavy atom. The summed E-state index contributed by atoms with van der Waals surface area (Å²) >= 11 is 1.25. The highest BCUT2D eigenvalue weighted by Crippen LogP contribution is 2.26. The van der Waals surface area contributed by atoms with Gasteiger partial charge in [-0.3, -0.25) is 9.36 Å². The van der Waals surface area contributed by atoms with Crippen LogP contribution in [0, 0.1) is 6.92 Å². The summed E-state index contributed by atoms with van der Waals surface area (Å²) in [6, 6.07) is 0. The number of carbonyl (C=O) groups is 1. The number of nitrogens with zero attached hydrogens (tertiary/aromatic N) is 4. The smallest absolute Gasteiger partial charge is 0.313 e. The first-order valence-corrected chi connectivity index (χ1v) is 7.84. The summed E-state index contributed by atoms with van der Waals surface area (Å²) < 4.78 is 3.96. The van der Waals surface area contributed by atoms with Crippen LogP contribution in [0.25, 0.3) is 11.2 Å². The molecule has 2 heterocycles. The molecular formula is C14H20N4O2S. The van der Waals surface area contributed by atoms with E-state index >= 15 is 0 Å². The second-order valence-corrected chi connectivity index (χ2v) is 5.98. The topological polar surface area (TPSA) is 72.9 Å². The van der Waals surface area contributed by atoms with Crippen molar-refractivity contribution in [2.24, 2.45) is 0 Å². The van der Waals surface area contributed by atoms with E-state index in [1.54, 1.807) is 0 Å². The Balaban J connectivity index is 2.52. The van der Waals surface area contributed by atoms with Gasteiger partial charge in [0.15, 0.2) is 10.8 Å². The first-order chi connectivity index (χ1) is 9.93. The third-order valence-corrected chi connectivity index (χ3v) is 4.03. The van der Waals surface area contributed by atoms with Crippen LogP contribution in [0.4, 0.5) is 0 Å². The van der Waals surface area contributed by atoms with Gasteiger partial charge in [-0.25, -0.2) is 9.67 Å². The number of aliphatic carboxylic acids is 1. The van der Waals surface area contributed by atoms with Crippen LogP contribution in [0.15, 0.2) is 16.8 Å². The second kappa shape index (κ2) is 6.34. The molecule has 1 N–H and O–H groups in total. The predicted molar refractivity (Wildman–Crippen MR) is 83.7 cm³/mol. The van der Waals surface area contributed by atoms with Crippen molar-refractivity contribution in [2.45, 2.75) is 45.9 Å². The van der Waals surface area contributed by atoms with Crippen LogP contribution in [-0.2, 0) is 17.9 Å². The lowest BCUT2D eigenvalue weighted by atomic mass is 10.3. The molecule has 0 aliphatic rings. The Bertz CT molecular complexity index is 695. The van der Waals surface area contributed by atoms with E-state index in [9.17, 15) is 4.79 Å². The Morgan fingerprint density at radius 3 is 2.71 bits per heavy atom. The van der Waals surface area contributed by atoms with Gasteiger partial charge in [-0.15, -0.1) is 0 Å². The maximum atomic E-state index is 10.8. The number of carboxylic acids is 1. The highest BCUT2D eigenvalue weighted by atomic mass is 32.2. The second-order valence-electron chi connectivity index (χ2n) is 5.04. The van der Waals surface area contributed by atoms with Gasteiger partial charge in [-0.1, -0.05) is 23.4 Å². The molecule has 6 nitrogen and oxygen atoms in total. The lowest BCUT2D eigenvalue weighted by Gasteiger charge is -2.07. The fourth-order valence-electron chi connectivity index (χ4n) is 2.10. The van der Waals surface area contributed by atoms with Gasteiger partial charge in [0.1, 0.15) is 5.52 Å². The zero-order chi connectivity index (χ0) is 15.6. The minimum absolute atomic E-state index is 0.00697. The lowest BCUT2D eigenvalue weighted by Crippen LogP contribution is -2.07. The van der Waals surface area contributed by atoms with E-state index in [1.165, 1.54) is 17.3 Å². The van der Waals surface area contributed by atoms with Crippen molar-refractivity contribution < 1.29 is 9.90 Å². The number of hydrogen-bond acceptors (Lipinski definition) is 4. The number of fused-ring (bicyclic) bond motifs is 1. The molecule has 0 fully saturated rings. The highest BCUT2D eigenvalue weighted by Gasteiger charge is 2.18. The van der Waals surface area contributed by atoms with E-state index in [1.807, 2.05) is 36.9 Å². The van der Waals surface area contributed by atoms with E-state index in [0.717, 1.165) is 28.6 Å². The van der Waals surface area contributed by atoms with Gasteiger partial charge >= 0.3 is 5.97 Å². The summed E-state index contributed by atoms with van der Waals surface area (Å²) in [5.74, 6) is -0.831. The quantitative estimate of drug-likeness (QED) is 0.656. The molecule has 0 bridgehead atoms. The van der Waals surface area contributed by atoms with Gasteiger partial charge < -0.3 is 5.11 Å². The molecule has 2 aromatic rings. The number of hydrogen-bond donors (Lipinski definition) is 1. The summed E-state index contributed by atoms with van der Waals surface area (Å²) in [5.41, 5.74) is 3.90. The van der Waals surface area contributed by atoms with Crippen molar-refractivity contribution in [3.8, 4) is 0 Å². The SMILES string of the molecule is CCn1nc(C)c2nc(SCC(=O)O)n(CC=C(C)C)c21. The van der Waals surface area contributed by atoms with E-state index in [2.05, 4.69) is 16.2 Å². The fourth-order valence-corrected chi connectivity index (χ4v) is 2.83. The number of thioether (sulfide) groups is 1. The number of aryl methyl sites for hydroxylation is 2. The van der Waals surface area contributed by atoms with Crippen LogP contribution in [0.5, 0.6) is 0 Å². The molecule has 0 aromatic carbocycles. The van der Waals surface area contributed by atoms with Crippen molar-refractivity contribution >= 4 is 28.9 Å². The normalized spacial score (nSPS) is 11.0. The number of imidazole rings is 1. The molecule has 0 saturated carbocycles. The maximum Gasteiger partial charge on any atom is 0.313 e. The molecule has 0 spiro atoms. The predicted octanol–water partition coefficient (Wildman–Crippen LogP) is 2.70. The molecule has 0 atom stereocenters. The molecule has 114 valence electrons. The number of aromatic nitrogens is 4. The van der Waals surface area contributed by atoms with Gasteiger partial charge in [0.2, 0.25) is 0 Å². The van der Waals surface area contributed by atoms with E-state index in [4.69, 9.17) is 5.11 Å². The molecule has 0 aliphatic heterocycles. The summed E-state index contributed by atoms with van der Waals surface area (Å²) in [6.07, 6.45) is 2.11. The minimum Gasteiger partial charge on any atom is -0.481 e. The fraction of sp³-hybridized carbons (Fsp3) is 0.500. The highest BCUT2D eigenvalue weighted by molar-refractivity contribution is 7.99. The Labute approximate surface area is 127 Å². The Kier molecular flexibility index (Phi) is 4.72. The summed E-state index contributed by atoms with van der Waals surface area (Å²) in [7, 11) is 0. The van der Waals surface area contributed by atoms with Crippen molar-refractivity contribution in [1.29, 1.82) is 0 Å². The molecule has 0 radical (unpaired) electrons. The van der Waals surface area contributed by atoms with Crippen molar-refractivity contribution in [3.05, 3.63) is 17.3 Å². The van der Waals surface area contributed by atoms with E-state index < -0.39 is 5.97 Å². The minimum atomic E-state index is -0.838. The van der Waals surface area contributed by atoms with Crippen LogP contribution >= 0.6 is 11.8 Å². The zero-order valence-corrected chi connectivity index (χ0v) is 13.6. The molecule has 0 aliphatic carbocycles. The van der Waals surface area contributed by atoms with Crippen LogP contribution in [0.1, 0.15) is 26.5 Å². The van der Waals surface area contributed by atoms with Crippen LogP contribution in [0.2, 0.25) is 0 Å². The van der Waals surface area contributed by atoms with Gasteiger partial charge in [-0.05, 0) is 27.7 Å². The molecule has 2 rings (SSSR count). The Morgan fingerprint density at radius 2 is 2.14 bits per heavy atom. The Hall–Kier alpha value is -1.76. The molecule has 0 amide bonds. The first kappa shape index (κ1) is 15.6. The van der Waals surface area contributed by atoms with Crippen molar-refractivity contribution in [3.63, 3.8) is 0 Å². The average Bonchev–Trinajstić information content (AvgIpc) is 2.92. The molecule has 0 saturated heterocycles. The summed E-state index contributed by atoms with van der Waals surface area (Å²) in [5, 5.41) is 14.1. The zero-order valence-electron chi connectivity index (χ0n) is 12.8. The van der Waals surface area contributed by atoms with Crippen LogP contribution < -0.4 is 0 Å². The molecule has 21 heavy (non-hydrogen) atoms. The maximum absolute atomic E-state index is 10.8. The van der Waals surface area contributed by atoms with Gasteiger partial charge in [0.05, 0.1) is 11.4 Å². The monoisotopic (exact) mass is 308 g/mol. The lowest BCUT2D eigenvalue weighted by molar-refractivity contribution is -0.133. The van der Waals surface area contributed by atoms with E-state index in [0.29, 0.717) is 6.54 Å². The average molecular weight is 308 g/mol. The number of carboxylic acid groups (broad SMARTS) is 1. The largest absolute Gasteiger partial charge is 0.481 e. The van der Waals surface area contributed by atoms with E-state index in [-0.39, 0.29) is 5.75 Å².